The number of pyridine rings is 1. The highest BCUT2D eigenvalue weighted by Gasteiger charge is 2.16. The molecular formula is C22H24N4O3. The molecule has 3 rings (SSSR count). The number of nitrogens with zero attached hydrogens (tertiary/aromatic N) is 2. The van der Waals surface area contributed by atoms with Crippen LogP contribution in [0.25, 0.3) is 10.9 Å². The summed E-state index contributed by atoms with van der Waals surface area (Å²) in [7, 11) is 0. The summed E-state index contributed by atoms with van der Waals surface area (Å²) in [5.74, 6) is -0.0953. The van der Waals surface area contributed by atoms with Gasteiger partial charge in [0.15, 0.2) is 5.52 Å². The van der Waals surface area contributed by atoms with Crippen LogP contribution < -0.4 is 10.6 Å². The van der Waals surface area contributed by atoms with E-state index in [0.717, 1.165) is 17.7 Å². The van der Waals surface area contributed by atoms with Crippen LogP contribution in [0.15, 0.2) is 48.5 Å². The van der Waals surface area contributed by atoms with E-state index < -0.39 is 4.92 Å². The Morgan fingerprint density at radius 1 is 1.21 bits per heavy atom. The van der Waals surface area contributed by atoms with Gasteiger partial charge in [-0.25, -0.2) is 4.98 Å². The Balaban J connectivity index is 1.84. The lowest BCUT2D eigenvalue weighted by Crippen LogP contribution is -2.31. The SMILES string of the molecule is CCC(C)NC(=O)c1cccc(CNc2cc(C)nc3c([N+](=O)[O-])cccc23)c1. The molecule has 2 N–H and O–H groups in total. The number of nitro benzene ring substituents is 1. The number of carbonyl (C=O) groups is 1. The van der Waals surface area contributed by atoms with Gasteiger partial charge >= 0.3 is 0 Å². The van der Waals surface area contributed by atoms with Gasteiger partial charge in [0, 0.05) is 41.0 Å². The van der Waals surface area contributed by atoms with E-state index in [0.29, 0.717) is 28.7 Å². The first kappa shape index (κ1) is 20.3. The first-order valence-corrected chi connectivity index (χ1v) is 9.57. The molecule has 7 nitrogen and oxygen atoms in total. The number of nitrogens with one attached hydrogen (secondary N) is 2. The van der Waals surface area contributed by atoms with Crippen molar-refractivity contribution >= 4 is 28.2 Å². The lowest BCUT2D eigenvalue weighted by Gasteiger charge is -2.13. The number of hydrogen-bond donors (Lipinski definition) is 2. The van der Waals surface area contributed by atoms with Crippen LogP contribution in [-0.4, -0.2) is 21.9 Å². The molecule has 0 fully saturated rings. The average molecular weight is 392 g/mol. The number of anilines is 1. The molecular weight excluding hydrogens is 368 g/mol. The van der Waals surface area contributed by atoms with E-state index in [1.54, 1.807) is 19.1 Å². The van der Waals surface area contributed by atoms with Gasteiger partial charge in [-0.1, -0.05) is 31.2 Å². The number of fused-ring (bicyclic) bond motifs is 1. The third kappa shape index (κ3) is 4.68. The molecule has 7 heteroatoms. The summed E-state index contributed by atoms with van der Waals surface area (Å²) in [4.78, 5) is 27.6. The molecule has 29 heavy (non-hydrogen) atoms. The van der Waals surface area contributed by atoms with Crippen LogP contribution in [0.3, 0.4) is 0 Å². The predicted molar refractivity (Wildman–Crippen MR) is 114 cm³/mol. The molecule has 150 valence electrons. The molecule has 0 aliphatic heterocycles. The number of benzene rings is 2. The Kier molecular flexibility index (Phi) is 6.07. The third-order valence-electron chi connectivity index (χ3n) is 4.80. The van der Waals surface area contributed by atoms with E-state index in [1.165, 1.54) is 6.07 Å². The average Bonchev–Trinajstić information content (AvgIpc) is 2.71. The zero-order valence-electron chi connectivity index (χ0n) is 16.7. The van der Waals surface area contributed by atoms with E-state index in [2.05, 4.69) is 15.6 Å². The number of nitro groups is 1. The molecule has 2 aromatic carbocycles. The monoisotopic (exact) mass is 392 g/mol. The largest absolute Gasteiger partial charge is 0.380 e. The maximum absolute atomic E-state index is 12.4. The second kappa shape index (κ2) is 8.68. The molecule has 0 bridgehead atoms. The van der Waals surface area contributed by atoms with Crippen LogP contribution in [0, 0.1) is 17.0 Å². The number of aryl methyl sites for hydroxylation is 1. The molecule has 0 aliphatic carbocycles. The molecule has 1 atom stereocenters. The summed E-state index contributed by atoms with van der Waals surface area (Å²) in [5, 5.41) is 18.3. The fourth-order valence-electron chi connectivity index (χ4n) is 3.08. The third-order valence-corrected chi connectivity index (χ3v) is 4.80. The second-order valence-electron chi connectivity index (χ2n) is 7.08. The van der Waals surface area contributed by atoms with E-state index in [1.807, 2.05) is 44.2 Å². The molecule has 0 aliphatic rings. The summed E-state index contributed by atoms with van der Waals surface area (Å²) in [6.45, 7) is 6.28. The lowest BCUT2D eigenvalue weighted by atomic mass is 10.1. The first-order valence-electron chi connectivity index (χ1n) is 9.57. The Bertz CT molecular complexity index is 1070. The Morgan fingerprint density at radius 3 is 2.69 bits per heavy atom. The van der Waals surface area contributed by atoms with Gasteiger partial charge in [0.25, 0.3) is 11.6 Å². The van der Waals surface area contributed by atoms with Crippen molar-refractivity contribution in [3.63, 3.8) is 0 Å². The van der Waals surface area contributed by atoms with Crippen molar-refractivity contribution in [1.29, 1.82) is 0 Å². The minimum atomic E-state index is -0.419. The smallest absolute Gasteiger partial charge is 0.295 e. The second-order valence-corrected chi connectivity index (χ2v) is 7.08. The normalized spacial score (nSPS) is 11.8. The van der Waals surface area contributed by atoms with E-state index in [-0.39, 0.29) is 17.6 Å². The maximum Gasteiger partial charge on any atom is 0.295 e. The summed E-state index contributed by atoms with van der Waals surface area (Å²) in [6, 6.07) is 14.3. The van der Waals surface area contributed by atoms with Crippen LogP contribution in [0.5, 0.6) is 0 Å². The van der Waals surface area contributed by atoms with Crippen molar-refractivity contribution in [2.24, 2.45) is 0 Å². The number of para-hydroxylation sites is 1. The summed E-state index contributed by atoms with van der Waals surface area (Å²) >= 11 is 0. The van der Waals surface area contributed by atoms with Crippen molar-refractivity contribution in [2.45, 2.75) is 39.8 Å². The van der Waals surface area contributed by atoms with Crippen molar-refractivity contribution in [2.75, 3.05) is 5.32 Å². The number of carbonyl (C=O) groups excluding carboxylic acids is 1. The topological polar surface area (TPSA) is 97.2 Å². The van der Waals surface area contributed by atoms with Gasteiger partial charge in [-0.2, -0.15) is 0 Å². The molecule has 0 saturated heterocycles. The fourth-order valence-corrected chi connectivity index (χ4v) is 3.08. The van der Waals surface area contributed by atoms with Gasteiger partial charge in [0.2, 0.25) is 0 Å². The van der Waals surface area contributed by atoms with Crippen LogP contribution >= 0.6 is 0 Å². The first-order chi connectivity index (χ1) is 13.9. The number of hydrogen-bond acceptors (Lipinski definition) is 5. The quantitative estimate of drug-likeness (QED) is 0.453. The molecule has 1 heterocycles. The van der Waals surface area contributed by atoms with Crippen molar-refractivity contribution in [3.8, 4) is 0 Å². The van der Waals surface area contributed by atoms with Gasteiger partial charge in [-0.3, -0.25) is 14.9 Å². The standard InChI is InChI=1S/C22H24N4O3/c1-4-14(2)25-22(27)17-8-5-7-16(12-17)13-23-19-11-15(3)24-21-18(19)9-6-10-20(21)26(28)29/h5-12,14H,4,13H2,1-3H3,(H,23,24)(H,25,27). The van der Waals surface area contributed by atoms with Crippen LogP contribution in [0.4, 0.5) is 11.4 Å². The summed E-state index contributed by atoms with van der Waals surface area (Å²) in [5.41, 5.74) is 3.35. The molecule has 0 radical (unpaired) electrons. The van der Waals surface area contributed by atoms with Crippen LogP contribution in [-0.2, 0) is 6.54 Å². The lowest BCUT2D eigenvalue weighted by molar-refractivity contribution is -0.383. The Labute approximate surface area is 169 Å². The number of non-ortho nitro benzene ring substituents is 1. The van der Waals surface area contributed by atoms with Crippen LogP contribution in [0.2, 0.25) is 0 Å². The summed E-state index contributed by atoms with van der Waals surface area (Å²) < 4.78 is 0. The molecule has 1 unspecified atom stereocenters. The van der Waals surface area contributed by atoms with Gasteiger partial charge in [-0.15, -0.1) is 0 Å². The number of rotatable bonds is 7. The van der Waals surface area contributed by atoms with Gasteiger partial charge in [0.1, 0.15) is 0 Å². The van der Waals surface area contributed by atoms with E-state index in [4.69, 9.17) is 0 Å². The van der Waals surface area contributed by atoms with Gasteiger partial charge in [-0.05, 0) is 44.0 Å². The molecule has 3 aromatic rings. The minimum Gasteiger partial charge on any atom is -0.380 e. The maximum atomic E-state index is 12.4. The molecule has 1 amide bonds. The van der Waals surface area contributed by atoms with Gasteiger partial charge < -0.3 is 10.6 Å². The highest BCUT2D eigenvalue weighted by molar-refractivity contribution is 5.97. The summed E-state index contributed by atoms with van der Waals surface area (Å²) in [6.07, 6.45) is 0.869. The van der Waals surface area contributed by atoms with Crippen molar-refractivity contribution < 1.29 is 9.72 Å². The minimum absolute atomic E-state index is 0.0158. The molecule has 0 spiro atoms. The number of amides is 1. The highest BCUT2D eigenvalue weighted by atomic mass is 16.6. The van der Waals surface area contributed by atoms with Crippen LogP contribution in [0.1, 0.15) is 41.9 Å². The van der Waals surface area contributed by atoms with Crippen molar-refractivity contribution in [1.82, 2.24) is 10.3 Å². The molecule has 0 saturated carbocycles. The number of aromatic nitrogens is 1. The Morgan fingerprint density at radius 2 is 1.97 bits per heavy atom. The Hall–Kier alpha value is -3.48. The zero-order chi connectivity index (χ0) is 21.0. The van der Waals surface area contributed by atoms with E-state index >= 15 is 0 Å². The van der Waals surface area contributed by atoms with Crippen molar-refractivity contribution in [3.05, 3.63) is 75.5 Å². The van der Waals surface area contributed by atoms with E-state index in [9.17, 15) is 14.9 Å². The highest BCUT2D eigenvalue weighted by Crippen LogP contribution is 2.30. The fraction of sp³-hybridized carbons (Fsp3) is 0.273. The predicted octanol–water partition coefficient (Wildman–Crippen LogP) is 4.59. The zero-order valence-corrected chi connectivity index (χ0v) is 16.7. The van der Waals surface area contributed by atoms with Gasteiger partial charge in [0.05, 0.1) is 4.92 Å². The molecule has 1 aromatic heterocycles.